The SMILES string of the molecule is C#CCCCOc1c(Br)cccc1CO. The quantitative estimate of drug-likeness (QED) is 0.658. The topological polar surface area (TPSA) is 29.5 Å². The van der Waals surface area contributed by atoms with Crippen LogP contribution in [0.25, 0.3) is 0 Å². The Morgan fingerprint density at radius 3 is 2.93 bits per heavy atom. The monoisotopic (exact) mass is 268 g/mol. The molecular formula is C12H13BrO2. The molecule has 1 rings (SSSR count). The highest BCUT2D eigenvalue weighted by molar-refractivity contribution is 9.10. The number of unbranched alkanes of at least 4 members (excludes halogenated alkanes) is 1. The van der Waals surface area contributed by atoms with Crippen molar-refractivity contribution in [3.05, 3.63) is 28.2 Å². The van der Waals surface area contributed by atoms with E-state index in [1.807, 2.05) is 18.2 Å². The van der Waals surface area contributed by atoms with Gasteiger partial charge in [-0.25, -0.2) is 0 Å². The maximum atomic E-state index is 9.11. The van der Waals surface area contributed by atoms with Crippen molar-refractivity contribution in [2.75, 3.05) is 6.61 Å². The Kier molecular flexibility index (Phi) is 5.23. The number of halogens is 1. The Morgan fingerprint density at radius 2 is 2.27 bits per heavy atom. The van der Waals surface area contributed by atoms with Crippen molar-refractivity contribution in [3.8, 4) is 18.1 Å². The molecule has 15 heavy (non-hydrogen) atoms. The van der Waals surface area contributed by atoms with E-state index < -0.39 is 0 Å². The zero-order valence-electron chi connectivity index (χ0n) is 8.37. The van der Waals surface area contributed by atoms with E-state index >= 15 is 0 Å². The molecule has 0 spiro atoms. The van der Waals surface area contributed by atoms with Crippen LogP contribution in [0.4, 0.5) is 0 Å². The predicted molar refractivity (Wildman–Crippen MR) is 63.6 cm³/mol. The molecule has 0 saturated heterocycles. The summed E-state index contributed by atoms with van der Waals surface area (Å²) in [5.41, 5.74) is 0.782. The molecule has 1 aromatic rings. The zero-order valence-corrected chi connectivity index (χ0v) is 9.96. The van der Waals surface area contributed by atoms with Crippen LogP contribution in [0.3, 0.4) is 0 Å². The van der Waals surface area contributed by atoms with Gasteiger partial charge < -0.3 is 9.84 Å². The van der Waals surface area contributed by atoms with Crippen molar-refractivity contribution in [2.45, 2.75) is 19.4 Å². The minimum Gasteiger partial charge on any atom is -0.492 e. The standard InChI is InChI=1S/C12H13BrO2/c1-2-3-4-8-15-12-10(9-14)6-5-7-11(12)13/h1,5-7,14H,3-4,8-9H2. The van der Waals surface area contributed by atoms with Crippen LogP contribution < -0.4 is 4.74 Å². The summed E-state index contributed by atoms with van der Waals surface area (Å²) >= 11 is 3.38. The van der Waals surface area contributed by atoms with Crippen molar-refractivity contribution < 1.29 is 9.84 Å². The number of hydrogen-bond donors (Lipinski definition) is 1. The molecule has 0 radical (unpaired) electrons. The second-order valence-corrected chi connectivity index (χ2v) is 3.90. The molecule has 0 atom stereocenters. The van der Waals surface area contributed by atoms with Gasteiger partial charge in [0.1, 0.15) is 5.75 Å². The molecule has 80 valence electrons. The van der Waals surface area contributed by atoms with Crippen molar-refractivity contribution >= 4 is 15.9 Å². The van der Waals surface area contributed by atoms with Gasteiger partial charge in [0.2, 0.25) is 0 Å². The molecule has 0 fully saturated rings. The largest absolute Gasteiger partial charge is 0.492 e. The highest BCUT2D eigenvalue weighted by Crippen LogP contribution is 2.29. The Morgan fingerprint density at radius 1 is 1.47 bits per heavy atom. The average molecular weight is 269 g/mol. The van der Waals surface area contributed by atoms with E-state index in [4.69, 9.17) is 16.3 Å². The summed E-state index contributed by atoms with van der Waals surface area (Å²) < 4.78 is 6.41. The number of benzene rings is 1. The first kappa shape index (κ1) is 12.1. The molecule has 0 aliphatic carbocycles. The number of para-hydroxylation sites is 1. The fraction of sp³-hybridized carbons (Fsp3) is 0.333. The lowest BCUT2D eigenvalue weighted by molar-refractivity contribution is 0.261. The summed E-state index contributed by atoms with van der Waals surface area (Å²) in [6.45, 7) is 0.545. The molecule has 3 heteroatoms. The van der Waals surface area contributed by atoms with E-state index in [0.29, 0.717) is 18.8 Å². The fourth-order valence-corrected chi connectivity index (χ4v) is 1.71. The normalized spacial score (nSPS) is 9.67. The molecule has 0 saturated carbocycles. The number of aliphatic hydroxyl groups is 1. The van der Waals surface area contributed by atoms with Crippen molar-refractivity contribution in [1.82, 2.24) is 0 Å². The molecule has 0 unspecified atom stereocenters. The number of aliphatic hydroxyl groups excluding tert-OH is 1. The Balaban J connectivity index is 2.63. The van der Waals surface area contributed by atoms with Gasteiger partial charge in [0.05, 0.1) is 17.7 Å². The van der Waals surface area contributed by atoms with Crippen LogP contribution in [0.1, 0.15) is 18.4 Å². The van der Waals surface area contributed by atoms with Gasteiger partial charge in [-0.1, -0.05) is 12.1 Å². The van der Waals surface area contributed by atoms with Gasteiger partial charge in [0.25, 0.3) is 0 Å². The number of ether oxygens (including phenoxy) is 1. The Bertz CT molecular complexity index is 355. The first-order valence-corrected chi connectivity index (χ1v) is 5.53. The molecular weight excluding hydrogens is 256 g/mol. The third-order valence-corrected chi connectivity index (χ3v) is 2.56. The number of hydrogen-bond acceptors (Lipinski definition) is 2. The highest BCUT2D eigenvalue weighted by atomic mass is 79.9. The van der Waals surface area contributed by atoms with E-state index in [1.165, 1.54) is 0 Å². The van der Waals surface area contributed by atoms with Crippen molar-refractivity contribution in [1.29, 1.82) is 0 Å². The van der Waals surface area contributed by atoms with E-state index in [0.717, 1.165) is 16.5 Å². The van der Waals surface area contributed by atoms with Crippen LogP contribution in [-0.2, 0) is 6.61 Å². The lowest BCUT2D eigenvalue weighted by Gasteiger charge is -2.11. The minimum atomic E-state index is -0.0239. The van der Waals surface area contributed by atoms with Gasteiger partial charge in [0, 0.05) is 12.0 Å². The van der Waals surface area contributed by atoms with Crippen LogP contribution in [0.15, 0.2) is 22.7 Å². The predicted octanol–water partition coefficient (Wildman–Crippen LogP) is 2.73. The van der Waals surface area contributed by atoms with Crippen LogP contribution in [-0.4, -0.2) is 11.7 Å². The Labute approximate surface area is 98.4 Å². The lowest BCUT2D eigenvalue weighted by Crippen LogP contribution is -2.00. The summed E-state index contributed by atoms with van der Waals surface area (Å²) in [5.74, 6) is 3.26. The molecule has 2 nitrogen and oxygen atoms in total. The highest BCUT2D eigenvalue weighted by Gasteiger charge is 2.06. The third kappa shape index (κ3) is 3.58. The van der Waals surface area contributed by atoms with Crippen LogP contribution in [0.2, 0.25) is 0 Å². The van der Waals surface area contributed by atoms with Crippen LogP contribution in [0.5, 0.6) is 5.75 Å². The average Bonchev–Trinajstić information content (AvgIpc) is 2.26. The molecule has 0 bridgehead atoms. The summed E-state index contributed by atoms with van der Waals surface area (Å²) in [6, 6.07) is 5.58. The van der Waals surface area contributed by atoms with E-state index in [2.05, 4.69) is 21.9 Å². The molecule has 0 aromatic heterocycles. The van der Waals surface area contributed by atoms with Crippen LogP contribution in [0, 0.1) is 12.3 Å². The zero-order chi connectivity index (χ0) is 11.1. The second-order valence-electron chi connectivity index (χ2n) is 3.04. The number of rotatable bonds is 5. The Hall–Kier alpha value is -0.980. The third-order valence-electron chi connectivity index (χ3n) is 1.93. The fourth-order valence-electron chi connectivity index (χ4n) is 1.19. The minimum absolute atomic E-state index is 0.0239. The molecule has 1 aromatic carbocycles. The molecule has 0 heterocycles. The summed E-state index contributed by atoms with van der Waals surface area (Å²) in [7, 11) is 0. The summed E-state index contributed by atoms with van der Waals surface area (Å²) in [5, 5.41) is 9.11. The van der Waals surface area contributed by atoms with E-state index in [1.54, 1.807) is 0 Å². The van der Waals surface area contributed by atoms with E-state index in [9.17, 15) is 0 Å². The smallest absolute Gasteiger partial charge is 0.138 e. The van der Waals surface area contributed by atoms with Gasteiger partial charge >= 0.3 is 0 Å². The van der Waals surface area contributed by atoms with E-state index in [-0.39, 0.29) is 6.61 Å². The van der Waals surface area contributed by atoms with Gasteiger partial charge in [-0.2, -0.15) is 0 Å². The molecule has 0 aliphatic heterocycles. The lowest BCUT2D eigenvalue weighted by atomic mass is 10.2. The van der Waals surface area contributed by atoms with Crippen molar-refractivity contribution in [3.63, 3.8) is 0 Å². The first-order chi connectivity index (χ1) is 7.29. The number of terminal acetylenes is 1. The van der Waals surface area contributed by atoms with Gasteiger partial charge in [-0.15, -0.1) is 12.3 Å². The molecule has 1 N–H and O–H groups in total. The van der Waals surface area contributed by atoms with Crippen molar-refractivity contribution in [2.24, 2.45) is 0 Å². The molecule has 0 amide bonds. The first-order valence-electron chi connectivity index (χ1n) is 4.74. The summed E-state index contributed by atoms with van der Waals surface area (Å²) in [4.78, 5) is 0. The van der Waals surface area contributed by atoms with Gasteiger partial charge in [-0.3, -0.25) is 0 Å². The summed E-state index contributed by atoms with van der Waals surface area (Å²) in [6.07, 6.45) is 6.67. The maximum Gasteiger partial charge on any atom is 0.138 e. The van der Waals surface area contributed by atoms with Gasteiger partial charge in [0.15, 0.2) is 0 Å². The van der Waals surface area contributed by atoms with Gasteiger partial charge in [-0.05, 0) is 28.4 Å². The maximum absolute atomic E-state index is 9.11. The second kappa shape index (κ2) is 6.49. The van der Waals surface area contributed by atoms with Crippen LogP contribution >= 0.6 is 15.9 Å². The molecule has 0 aliphatic rings.